The van der Waals surface area contributed by atoms with E-state index in [4.69, 9.17) is 4.18 Å². The van der Waals surface area contributed by atoms with Crippen LogP contribution in [0.15, 0.2) is 11.6 Å². The number of rotatable bonds is 2. The Balaban J connectivity index is 0.00000196. The molecular formula is C19H29NaO5S. The SMILES string of the molecule is C[C@]12CC[C@H]3[C@@H](CC=C4C[C@@H](OS(=O)(=O)[O-])CC[C@@]43C)[C@@H]1CC[C@@H]2O.[Na+]. The summed E-state index contributed by atoms with van der Waals surface area (Å²) in [6.45, 7) is 4.60. The summed E-state index contributed by atoms with van der Waals surface area (Å²) in [4.78, 5) is 0. The zero-order valence-corrected chi connectivity index (χ0v) is 18.9. The molecule has 142 valence electrons. The van der Waals surface area contributed by atoms with Gasteiger partial charge >= 0.3 is 29.6 Å². The summed E-state index contributed by atoms with van der Waals surface area (Å²) in [6.07, 6.45) is 8.98. The van der Waals surface area contributed by atoms with Crippen molar-refractivity contribution in [1.82, 2.24) is 0 Å². The molecule has 0 spiro atoms. The van der Waals surface area contributed by atoms with E-state index in [1.807, 2.05) is 0 Å². The van der Waals surface area contributed by atoms with E-state index in [0.717, 1.165) is 38.5 Å². The van der Waals surface area contributed by atoms with Crippen LogP contribution in [0.5, 0.6) is 0 Å². The Labute approximate surface area is 179 Å². The molecule has 0 amide bonds. The number of hydrogen-bond acceptors (Lipinski definition) is 5. The number of fused-ring (bicyclic) bond motifs is 5. The maximum absolute atomic E-state index is 10.9. The molecule has 0 aromatic heterocycles. The molecule has 7 atom stereocenters. The minimum absolute atomic E-state index is 0. The second-order valence-corrected chi connectivity index (χ2v) is 10.3. The van der Waals surface area contributed by atoms with Crippen LogP contribution in [0.25, 0.3) is 0 Å². The van der Waals surface area contributed by atoms with E-state index >= 15 is 0 Å². The van der Waals surface area contributed by atoms with Gasteiger partial charge in [-0.2, -0.15) is 0 Å². The Kier molecular flexibility index (Phi) is 5.83. The molecule has 3 fully saturated rings. The molecule has 0 aromatic carbocycles. The number of allylic oxidation sites excluding steroid dienone is 1. The van der Waals surface area contributed by atoms with E-state index in [2.05, 4.69) is 19.9 Å². The first kappa shape index (κ1) is 21.3. The van der Waals surface area contributed by atoms with Crippen molar-refractivity contribution in [2.24, 2.45) is 28.6 Å². The predicted molar refractivity (Wildman–Crippen MR) is 92.3 cm³/mol. The van der Waals surface area contributed by atoms with Gasteiger partial charge in [-0.3, -0.25) is 4.18 Å². The van der Waals surface area contributed by atoms with Gasteiger partial charge in [-0.15, -0.1) is 0 Å². The zero-order valence-electron chi connectivity index (χ0n) is 16.1. The van der Waals surface area contributed by atoms with E-state index in [1.54, 1.807) is 0 Å². The van der Waals surface area contributed by atoms with Crippen molar-refractivity contribution in [3.05, 3.63) is 11.6 Å². The smallest absolute Gasteiger partial charge is 0.726 e. The van der Waals surface area contributed by atoms with Crippen molar-refractivity contribution in [3.63, 3.8) is 0 Å². The minimum Gasteiger partial charge on any atom is -0.726 e. The van der Waals surface area contributed by atoms with Crippen LogP contribution in [0, 0.1) is 28.6 Å². The molecular weight excluding hydrogens is 363 g/mol. The maximum atomic E-state index is 10.9. The quantitative estimate of drug-likeness (QED) is 0.313. The number of aliphatic hydroxyl groups excluding tert-OH is 1. The van der Waals surface area contributed by atoms with Gasteiger partial charge in [-0.1, -0.05) is 25.5 Å². The molecule has 0 bridgehead atoms. The Bertz CT molecular complexity index is 692. The van der Waals surface area contributed by atoms with E-state index in [1.165, 1.54) is 5.57 Å². The Hall–Kier alpha value is 0.570. The Morgan fingerprint density at radius 1 is 1.15 bits per heavy atom. The van der Waals surface area contributed by atoms with Crippen LogP contribution in [0.2, 0.25) is 0 Å². The monoisotopic (exact) mass is 392 g/mol. The van der Waals surface area contributed by atoms with Gasteiger partial charge < -0.3 is 9.66 Å². The van der Waals surface area contributed by atoms with Crippen molar-refractivity contribution < 1.29 is 51.8 Å². The van der Waals surface area contributed by atoms with Crippen molar-refractivity contribution >= 4 is 10.4 Å². The summed E-state index contributed by atoms with van der Waals surface area (Å²) in [5, 5.41) is 10.5. The Morgan fingerprint density at radius 3 is 2.58 bits per heavy atom. The minimum atomic E-state index is -4.64. The molecule has 4 aliphatic rings. The first-order valence-corrected chi connectivity index (χ1v) is 11.0. The molecule has 0 aliphatic heterocycles. The fourth-order valence-corrected chi connectivity index (χ4v) is 7.35. The van der Waals surface area contributed by atoms with Gasteiger partial charge in [0.05, 0.1) is 12.2 Å². The van der Waals surface area contributed by atoms with Crippen molar-refractivity contribution in [1.29, 1.82) is 0 Å². The first-order chi connectivity index (χ1) is 11.6. The normalized spacial score (nSPS) is 47.8. The molecule has 1 N–H and O–H groups in total. The van der Waals surface area contributed by atoms with E-state index < -0.39 is 16.5 Å². The van der Waals surface area contributed by atoms with Crippen LogP contribution in [0.4, 0.5) is 0 Å². The third-order valence-corrected chi connectivity index (χ3v) is 8.77. The van der Waals surface area contributed by atoms with Crippen LogP contribution in [-0.4, -0.2) is 30.3 Å². The molecule has 4 aliphatic carbocycles. The molecule has 3 saturated carbocycles. The van der Waals surface area contributed by atoms with Gasteiger partial charge in [0.15, 0.2) is 0 Å². The van der Waals surface area contributed by atoms with Crippen molar-refractivity contribution in [2.45, 2.75) is 77.4 Å². The molecule has 5 nitrogen and oxygen atoms in total. The van der Waals surface area contributed by atoms with Gasteiger partial charge in [0.2, 0.25) is 10.4 Å². The summed E-state index contributed by atoms with van der Waals surface area (Å²) in [5.74, 6) is 1.80. The number of aliphatic hydroxyl groups is 1. The second-order valence-electron chi connectivity index (χ2n) is 9.27. The molecule has 0 heterocycles. The molecule has 7 heteroatoms. The average Bonchev–Trinajstić information content (AvgIpc) is 2.82. The average molecular weight is 392 g/mol. The van der Waals surface area contributed by atoms with E-state index in [0.29, 0.717) is 30.6 Å². The van der Waals surface area contributed by atoms with Crippen LogP contribution in [-0.2, 0) is 14.6 Å². The molecule has 0 unspecified atom stereocenters. The third-order valence-electron chi connectivity index (χ3n) is 8.26. The van der Waals surface area contributed by atoms with Gasteiger partial charge in [0, 0.05) is 0 Å². The predicted octanol–water partition coefficient (Wildman–Crippen LogP) is 0.160. The van der Waals surface area contributed by atoms with Crippen LogP contribution in [0.3, 0.4) is 0 Å². The molecule has 0 aromatic rings. The van der Waals surface area contributed by atoms with E-state index in [9.17, 15) is 18.1 Å². The molecule has 26 heavy (non-hydrogen) atoms. The summed E-state index contributed by atoms with van der Waals surface area (Å²) in [5.41, 5.74) is 1.44. The molecule has 4 rings (SSSR count). The fraction of sp³-hybridized carbons (Fsp3) is 0.895. The van der Waals surface area contributed by atoms with Crippen LogP contribution < -0.4 is 29.6 Å². The largest absolute Gasteiger partial charge is 1.00 e. The van der Waals surface area contributed by atoms with Crippen LogP contribution in [0.1, 0.15) is 65.2 Å². The van der Waals surface area contributed by atoms with Gasteiger partial charge in [-0.05, 0) is 80.0 Å². The summed E-state index contributed by atoms with van der Waals surface area (Å²) in [7, 11) is -4.64. The molecule has 0 radical (unpaired) electrons. The number of hydrogen-bond donors (Lipinski definition) is 1. The summed E-state index contributed by atoms with van der Waals surface area (Å²) in [6, 6.07) is 0. The topological polar surface area (TPSA) is 86.7 Å². The van der Waals surface area contributed by atoms with E-state index in [-0.39, 0.29) is 46.5 Å². The first-order valence-electron chi connectivity index (χ1n) is 9.65. The second kappa shape index (κ2) is 7.12. The van der Waals surface area contributed by atoms with Gasteiger partial charge in [0.1, 0.15) is 0 Å². The fourth-order valence-electron chi connectivity index (χ4n) is 6.85. The zero-order chi connectivity index (χ0) is 18.0. The van der Waals surface area contributed by atoms with Crippen LogP contribution >= 0.6 is 0 Å². The van der Waals surface area contributed by atoms with Gasteiger partial charge in [0.25, 0.3) is 0 Å². The van der Waals surface area contributed by atoms with Gasteiger partial charge in [-0.25, -0.2) is 8.42 Å². The standard InChI is InChI=1S/C19H30O5S.Na/c1-18-9-7-13(24-25(21,22)23)11-12(18)3-4-14-15-5-6-17(20)19(15,2)10-8-16(14)18;/h3,13-17,20H,4-11H2,1-2H3,(H,21,22,23);/q;+1/p-1/t13-,14-,15-,16-,17-,18-,19-;/m0./s1. The van der Waals surface area contributed by atoms with Crippen molar-refractivity contribution in [3.8, 4) is 0 Å². The summed E-state index contributed by atoms with van der Waals surface area (Å²) < 4.78 is 37.6. The molecule has 0 saturated heterocycles. The Morgan fingerprint density at radius 2 is 1.88 bits per heavy atom. The third kappa shape index (κ3) is 3.38. The van der Waals surface area contributed by atoms with Crippen molar-refractivity contribution in [2.75, 3.05) is 0 Å². The summed E-state index contributed by atoms with van der Waals surface area (Å²) >= 11 is 0. The maximum Gasteiger partial charge on any atom is 1.00 e.